The molecule has 0 amide bonds. The monoisotopic (exact) mass is 211 g/mol. The first-order chi connectivity index (χ1) is 6.74. The third kappa shape index (κ3) is 2.05. The van der Waals surface area contributed by atoms with E-state index in [1.165, 1.54) is 0 Å². The average Bonchev–Trinajstić information content (AvgIpc) is 2.21. The summed E-state index contributed by atoms with van der Waals surface area (Å²) in [4.78, 5) is 0. The quantitative estimate of drug-likeness (QED) is 0.791. The summed E-state index contributed by atoms with van der Waals surface area (Å²) in [6, 6.07) is 5.16. The summed E-state index contributed by atoms with van der Waals surface area (Å²) in [5.41, 5.74) is 1.67. The zero-order chi connectivity index (χ0) is 10.6. The maximum Gasteiger partial charge on any atom is 0.101 e. The molecule has 0 unspecified atom stereocenters. The fourth-order valence-electron chi connectivity index (χ4n) is 1.28. The number of nitrogens with zero attached hydrogens (tertiary/aromatic N) is 1. The molecule has 0 saturated carbocycles. The molecule has 0 heterocycles. The lowest BCUT2D eigenvalue weighted by molar-refractivity contribution is 0.276. The van der Waals surface area contributed by atoms with Crippen molar-refractivity contribution >= 4 is 11.6 Å². The van der Waals surface area contributed by atoms with Gasteiger partial charge in [0.05, 0.1) is 17.2 Å². The first kappa shape index (κ1) is 11.0. The van der Waals surface area contributed by atoms with E-state index in [2.05, 4.69) is 0 Å². The molecule has 0 saturated heterocycles. The first-order valence-corrected chi connectivity index (χ1v) is 4.54. The highest BCUT2D eigenvalue weighted by molar-refractivity contribution is 6.32. The number of hydrogen-bond donors (Lipinski definition) is 2. The molecule has 1 aromatic rings. The Hall–Kier alpha value is -1.08. The van der Waals surface area contributed by atoms with Crippen LogP contribution in [0.1, 0.15) is 16.7 Å². The molecule has 0 aliphatic heterocycles. The minimum Gasteiger partial charge on any atom is -0.396 e. The number of halogens is 1. The number of aliphatic hydroxyl groups excluding tert-OH is 2. The van der Waals surface area contributed by atoms with Crippen molar-refractivity contribution < 1.29 is 10.2 Å². The summed E-state index contributed by atoms with van der Waals surface area (Å²) in [5.74, 6) is 0. The van der Waals surface area contributed by atoms with E-state index in [0.717, 1.165) is 0 Å². The van der Waals surface area contributed by atoms with Crippen LogP contribution in [0.4, 0.5) is 0 Å². The van der Waals surface area contributed by atoms with Crippen LogP contribution in [-0.2, 0) is 13.0 Å². The van der Waals surface area contributed by atoms with E-state index in [0.29, 0.717) is 28.1 Å². The number of rotatable bonds is 3. The average molecular weight is 212 g/mol. The Bertz CT molecular complexity index is 371. The Morgan fingerprint density at radius 3 is 2.57 bits per heavy atom. The van der Waals surface area contributed by atoms with Crippen molar-refractivity contribution in [3.63, 3.8) is 0 Å². The lowest BCUT2D eigenvalue weighted by atomic mass is 10.0. The Morgan fingerprint density at radius 2 is 2.07 bits per heavy atom. The molecule has 3 nitrogen and oxygen atoms in total. The zero-order valence-corrected chi connectivity index (χ0v) is 8.25. The number of nitriles is 1. The van der Waals surface area contributed by atoms with E-state index >= 15 is 0 Å². The molecule has 1 aromatic carbocycles. The van der Waals surface area contributed by atoms with Crippen LogP contribution in [0.25, 0.3) is 0 Å². The minimum absolute atomic E-state index is 0.0540. The van der Waals surface area contributed by atoms with Gasteiger partial charge in [0.15, 0.2) is 0 Å². The van der Waals surface area contributed by atoms with Crippen molar-refractivity contribution in [3.05, 3.63) is 33.8 Å². The summed E-state index contributed by atoms with van der Waals surface area (Å²) in [5, 5.41) is 26.9. The molecule has 4 heteroatoms. The van der Waals surface area contributed by atoms with Crippen LogP contribution in [0, 0.1) is 11.3 Å². The van der Waals surface area contributed by atoms with E-state index < -0.39 is 0 Å². The van der Waals surface area contributed by atoms with Gasteiger partial charge >= 0.3 is 0 Å². The second-order valence-electron chi connectivity index (χ2n) is 2.81. The van der Waals surface area contributed by atoms with Gasteiger partial charge in [-0.1, -0.05) is 17.7 Å². The molecule has 74 valence electrons. The van der Waals surface area contributed by atoms with Gasteiger partial charge < -0.3 is 10.2 Å². The maximum atomic E-state index is 9.01. The van der Waals surface area contributed by atoms with E-state index in [9.17, 15) is 0 Å². The smallest absolute Gasteiger partial charge is 0.101 e. The predicted octanol–water partition coefficient (Wildman–Crippen LogP) is 1.24. The summed E-state index contributed by atoms with van der Waals surface area (Å²) < 4.78 is 0. The third-order valence-electron chi connectivity index (χ3n) is 1.99. The molecular weight excluding hydrogens is 202 g/mol. The fraction of sp³-hybridized carbons (Fsp3) is 0.300. The lowest BCUT2D eigenvalue weighted by Gasteiger charge is -2.09. The molecule has 0 aliphatic carbocycles. The molecule has 1 rings (SSSR count). The van der Waals surface area contributed by atoms with Crippen molar-refractivity contribution in [3.8, 4) is 6.07 Å². The van der Waals surface area contributed by atoms with Gasteiger partial charge in [0.2, 0.25) is 0 Å². The van der Waals surface area contributed by atoms with E-state index in [1.54, 1.807) is 12.1 Å². The predicted molar refractivity (Wildman–Crippen MR) is 52.9 cm³/mol. The van der Waals surface area contributed by atoms with Gasteiger partial charge in [-0.05, 0) is 23.6 Å². The van der Waals surface area contributed by atoms with Crippen LogP contribution in [0.2, 0.25) is 5.02 Å². The molecule has 0 aromatic heterocycles. The highest BCUT2D eigenvalue weighted by Gasteiger charge is 2.10. The molecule has 14 heavy (non-hydrogen) atoms. The van der Waals surface area contributed by atoms with Crippen LogP contribution in [0.3, 0.4) is 0 Å². The molecule has 0 atom stereocenters. The molecule has 2 N–H and O–H groups in total. The first-order valence-electron chi connectivity index (χ1n) is 4.16. The Morgan fingerprint density at radius 1 is 1.36 bits per heavy atom. The summed E-state index contributed by atoms with van der Waals surface area (Å²) in [7, 11) is 0. The largest absolute Gasteiger partial charge is 0.396 e. The van der Waals surface area contributed by atoms with Crippen molar-refractivity contribution in [2.45, 2.75) is 13.0 Å². The van der Waals surface area contributed by atoms with Gasteiger partial charge in [0.25, 0.3) is 0 Å². The van der Waals surface area contributed by atoms with Crippen LogP contribution in [0.5, 0.6) is 0 Å². The molecule has 0 spiro atoms. The number of benzene rings is 1. The highest BCUT2D eigenvalue weighted by atomic mass is 35.5. The second-order valence-corrected chi connectivity index (χ2v) is 3.19. The minimum atomic E-state index is -0.138. The molecule has 0 fully saturated rings. The number of hydrogen-bond acceptors (Lipinski definition) is 3. The van der Waals surface area contributed by atoms with Gasteiger partial charge in [-0.2, -0.15) is 5.26 Å². The van der Waals surface area contributed by atoms with Gasteiger partial charge in [-0.15, -0.1) is 0 Å². The lowest BCUT2D eigenvalue weighted by Crippen LogP contribution is -2.00. The van der Waals surface area contributed by atoms with Crippen molar-refractivity contribution in [2.24, 2.45) is 0 Å². The normalized spacial score (nSPS) is 9.86. The fourth-order valence-corrected chi connectivity index (χ4v) is 1.60. The second kappa shape index (κ2) is 4.97. The Kier molecular flexibility index (Phi) is 3.90. The van der Waals surface area contributed by atoms with E-state index in [-0.39, 0.29) is 13.2 Å². The third-order valence-corrected chi connectivity index (χ3v) is 2.42. The molecule has 0 aliphatic rings. The van der Waals surface area contributed by atoms with Crippen LogP contribution >= 0.6 is 11.6 Å². The van der Waals surface area contributed by atoms with E-state index in [4.69, 9.17) is 27.1 Å². The Balaban J connectivity index is 3.25. The van der Waals surface area contributed by atoms with Gasteiger partial charge in [-0.25, -0.2) is 0 Å². The Labute approximate surface area is 87.2 Å². The van der Waals surface area contributed by atoms with Gasteiger partial charge in [0.1, 0.15) is 6.07 Å². The van der Waals surface area contributed by atoms with Crippen molar-refractivity contribution in [2.75, 3.05) is 6.61 Å². The van der Waals surface area contributed by atoms with Crippen molar-refractivity contribution in [1.82, 2.24) is 0 Å². The van der Waals surface area contributed by atoms with Crippen LogP contribution in [0.15, 0.2) is 12.1 Å². The standard InChI is InChI=1S/C10H10ClNO2/c11-10-7(5-12)1-2-8(6-14)9(10)3-4-13/h1-2,13-14H,3-4,6H2. The van der Waals surface area contributed by atoms with E-state index in [1.807, 2.05) is 6.07 Å². The highest BCUT2D eigenvalue weighted by Crippen LogP contribution is 2.24. The summed E-state index contributed by atoms with van der Waals surface area (Å²) in [6.07, 6.45) is 0.351. The molecule has 0 radical (unpaired) electrons. The number of aliphatic hydroxyl groups is 2. The van der Waals surface area contributed by atoms with Crippen LogP contribution < -0.4 is 0 Å². The maximum absolute atomic E-state index is 9.01. The van der Waals surface area contributed by atoms with Gasteiger partial charge in [0, 0.05) is 6.61 Å². The van der Waals surface area contributed by atoms with Crippen molar-refractivity contribution in [1.29, 1.82) is 5.26 Å². The topological polar surface area (TPSA) is 64.2 Å². The molecular formula is C10H10ClNO2. The SMILES string of the molecule is N#Cc1ccc(CO)c(CCO)c1Cl. The molecule has 0 bridgehead atoms. The van der Waals surface area contributed by atoms with Crippen LogP contribution in [-0.4, -0.2) is 16.8 Å². The van der Waals surface area contributed by atoms with Gasteiger partial charge in [-0.3, -0.25) is 0 Å². The summed E-state index contributed by atoms with van der Waals surface area (Å²) in [6.45, 7) is -0.192. The summed E-state index contributed by atoms with van der Waals surface area (Å²) >= 11 is 5.93. The zero-order valence-electron chi connectivity index (χ0n) is 7.50.